The van der Waals surface area contributed by atoms with E-state index in [0.717, 1.165) is 11.3 Å². The van der Waals surface area contributed by atoms with E-state index in [1.807, 2.05) is 43.5 Å². The van der Waals surface area contributed by atoms with E-state index in [9.17, 15) is 4.79 Å². The zero-order chi connectivity index (χ0) is 17.8. The maximum absolute atomic E-state index is 12.1. The second kappa shape index (κ2) is 7.66. The van der Waals surface area contributed by atoms with Crippen molar-refractivity contribution in [2.45, 2.75) is 25.4 Å². The van der Waals surface area contributed by atoms with Crippen LogP contribution >= 0.6 is 23.1 Å². The molecule has 1 aromatic carbocycles. The van der Waals surface area contributed by atoms with Gasteiger partial charge in [0.1, 0.15) is 0 Å². The highest BCUT2D eigenvalue weighted by atomic mass is 32.2. The summed E-state index contributed by atoms with van der Waals surface area (Å²) in [7, 11) is 0. The maximum Gasteiger partial charge on any atom is 0.236 e. The number of carbonyl (C=O) groups excluding carboxylic acids is 1. The molecule has 25 heavy (non-hydrogen) atoms. The molecule has 0 spiro atoms. The van der Waals surface area contributed by atoms with Gasteiger partial charge in [-0.05, 0) is 6.92 Å². The van der Waals surface area contributed by atoms with Gasteiger partial charge < -0.3 is 11.2 Å². The molecule has 0 aliphatic carbocycles. The standard InChI is InChI=1S/C16H18N6OS2/c1-3-13-20-21-16(22(13)17)25-9-14(23)19-15-18-12(8-24-15)11-6-4-10(2)5-7-11/h4-8H,3,9,17H2,1-2H3,(H,18,19,23). The van der Waals surface area contributed by atoms with Crippen molar-refractivity contribution in [1.29, 1.82) is 0 Å². The van der Waals surface area contributed by atoms with Crippen molar-refractivity contribution in [3.05, 3.63) is 41.0 Å². The SMILES string of the molecule is CCc1nnc(SCC(=O)Nc2nc(-c3ccc(C)cc3)cs2)n1N. The number of nitrogens with one attached hydrogen (secondary N) is 1. The Morgan fingerprint density at radius 3 is 2.76 bits per heavy atom. The van der Waals surface area contributed by atoms with E-state index in [1.165, 1.54) is 33.3 Å². The maximum atomic E-state index is 12.1. The minimum atomic E-state index is -0.157. The fraction of sp³-hybridized carbons (Fsp3) is 0.250. The smallest absolute Gasteiger partial charge is 0.236 e. The van der Waals surface area contributed by atoms with Gasteiger partial charge in [0.05, 0.1) is 11.4 Å². The molecule has 9 heteroatoms. The lowest BCUT2D eigenvalue weighted by atomic mass is 10.1. The number of nitrogens with zero attached hydrogens (tertiary/aromatic N) is 4. The van der Waals surface area contributed by atoms with Crippen molar-refractivity contribution < 1.29 is 4.79 Å². The number of hydrogen-bond acceptors (Lipinski definition) is 7. The molecule has 3 rings (SSSR count). The Kier molecular flexibility index (Phi) is 5.34. The molecule has 2 aromatic heterocycles. The van der Waals surface area contributed by atoms with Gasteiger partial charge in [0, 0.05) is 17.4 Å². The highest BCUT2D eigenvalue weighted by molar-refractivity contribution is 7.99. The lowest BCUT2D eigenvalue weighted by Gasteiger charge is -2.02. The fourth-order valence-corrected chi connectivity index (χ4v) is 3.53. The van der Waals surface area contributed by atoms with Crippen molar-refractivity contribution in [2.75, 3.05) is 16.9 Å². The molecule has 130 valence electrons. The quantitative estimate of drug-likeness (QED) is 0.508. The molecule has 0 radical (unpaired) electrons. The van der Waals surface area contributed by atoms with Gasteiger partial charge in [0.25, 0.3) is 0 Å². The number of aryl methyl sites for hydroxylation is 2. The Labute approximate surface area is 153 Å². The minimum Gasteiger partial charge on any atom is -0.336 e. The third-order valence-corrected chi connectivity index (χ3v) is 5.18. The predicted octanol–water partition coefficient (Wildman–Crippen LogP) is 2.72. The Bertz CT molecular complexity index is 871. The summed E-state index contributed by atoms with van der Waals surface area (Å²) in [6, 6.07) is 8.12. The minimum absolute atomic E-state index is 0.157. The summed E-state index contributed by atoms with van der Waals surface area (Å²) in [5.74, 6) is 6.58. The summed E-state index contributed by atoms with van der Waals surface area (Å²) < 4.78 is 1.41. The third kappa shape index (κ3) is 4.18. The van der Waals surface area contributed by atoms with E-state index < -0.39 is 0 Å². The Balaban J connectivity index is 1.58. The molecule has 1 amide bonds. The summed E-state index contributed by atoms with van der Waals surface area (Å²) in [5, 5.41) is 13.8. The molecule has 0 atom stereocenters. The number of thioether (sulfide) groups is 1. The molecule has 0 bridgehead atoms. The molecule has 0 saturated carbocycles. The van der Waals surface area contributed by atoms with Gasteiger partial charge in [-0.25, -0.2) is 9.66 Å². The summed E-state index contributed by atoms with van der Waals surface area (Å²) in [6.45, 7) is 3.99. The molecular weight excluding hydrogens is 356 g/mol. The summed E-state index contributed by atoms with van der Waals surface area (Å²) >= 11 is 2.64. The first-order chi connectivity index (χ1) is 12.1. The van der Waals surface area contributed by atoms with Crippen LogP contribution in [-0.2, 0) is 11.2 Å². The Morgan fingerprint density at radius 1 is 1.32 bits per heavy atom. The Morgan fingerprint density at radius 2 is 2.08 bits per heavy atom. The number of aromatic nitrogens is 4. The normalized spacial score (nSPS) is 10.8. The van der Waals surface area contributed by atoms with Crippen LogP contribution in [0, 0.1) is 6.92 Å². The molecule has 0 fully saturated rings. The first kappa shape index (κ1) is 17.4. The number of carbonyl (C=O) groups is 1. The summed E-state index contributed by atoms with van der Waals surface area (Å²) in [4.78, 5) is 16.6. The van der Waals surface area contributed by atoms with Crippen LogP contribution in [0.1, 0.15) is 18.3 Å². The van der Waals surface area contributed by atoms with E-state index in [1.54, 1.807) is 0 Å². The van der Waals surface area contributed by atoms with Crippen molar-refractivity contribution >= 4 is 34.1 Å². The van der Waals surface area contributed by atoms with E-state index in [0.29, 0.717) is 22.5 Å². The first-order valence-electron chi connectivity index (χ1n) is 7.71. The van der Waals surface area contributed by atoms with Crippen LogP contribution in [0.4, 0.5) is 5.13 Å². The zero-order valence-electron chi connectivity index (χ0n) is 13.9. The fourth-order valence-electron chi connectivity index (χ4n) is 2.12. The van der Waals surface area contributed by atoms with E-state index in [4.69, 9.17) is 5.84 Å². The zero-order valence-corrected chi connectivity index (χ0v) is 15.5. The molecule has 0 saturated heterocycles. The van der Waals surface area contributed by atoms with E-state index >= 15 is 0 Å². The monoisotopic (exact) mass is 374 g/mol. The molecule has 3 N–H and O–H groups in total. The van der Waals surface area contributed by atoms with Crippen molar-refractivity contribution in [3.63, 3.8) is 0 Å². The topological polar surface area (TPSA) is 98.7 Å². The second-order valence-electron chi connectivity index (χ2n) is 5.36. The van der Waals surface area contributed by atoms with Crippen LogP contribution in [0.5, 0.6) is 0 Å². The molecule has 0 aliphatic heterocycles. The van der Waals surface area contributed by atoms with Crippen LogP contribution in [0.25, 0.3) is 11.3 Å². The number of rotatable bonds is 6. The highest BCUT2D eigenvalue weighted by Gasteiger charge is 2.12. The highest BCUT2D eigenvalue weighted by Crippen LogP contribution is 2.25. The predicted molar refractivity (Wildman–Crippen MR) is 101 cm³/mol. The molecular formula is C16H18N6OS2. The average Bonchev–Trinajstić information content (AvgIpc) is 3.20. The van der Waals surface area contributed by atoms with Crippen molar-refractivity contribution in [1.82, 2.24) is 19.9 Å². The van der Waals surface area contributed by atoms with Crippen molar-refractivity contribution in [2.24, 2.45) is 0 Å². The molecule has 2 heterocycles. The summed E-state index contributed by atoms with van der Waals surface area (Å²) in [5.41, 5.74) is 3.07. The lowest BCUT2D eigenvalue weighted by Crippen LogP contribution is -2.17. The van der Waals surface area contributed by atoms with Gasteiger partial charge >= 0.3 is 0 Å². The number of thiazole rings is 1. The second-order valence-corrected chi connectivity index (χ2v) is 7.16. The van der Waals surface area contributed by atoms with Crippen LogP contribution in [0.3, 0.4) is 0 Å². The van der Waals surface area contributed by atoms with Gasteiger partial charge in [-0.15, -0.1) is 21.5 Å². The summed E-state index contributed by atoms with van der Waals surface area (Å²) in [6.07, 6.45) is 0.692. The van der Waals surface area contributed by atoms with Gasteiger partial charge in [0.15, 0.2) is 11.0 Å². The van der Waals surface area contributed by atoms with Crippen LogP contribution < -0.4 is 11.2 Å². The number of anilines is 1. The largest absolute Gasteiger partial charge is 0.336 e. The molecule has 7 nitrogen and oxygen atoms in total. The third-order valence-electron chi connectivity index (χ3n) is 3.48. The molecule has 0 unspecified atom stereocenters. The lowest BCUT2D eigenvalue weighted by molar-refractivity contribution is -0.113. The number of hydrogen-bond donors (Lipinski definition) is 2. The number of nitrogens with two attached hydrogens (primary N) is 1. The number of amides is 1. The first-order valence-corrected chi connectivity index (χ1v) is 9.58. The van der Waals surface area contributed by atoms with Gasteiger partial charge in [-0.1, -0.05) is 48.5 Å². The van der Waals surface area contributed by atoms with E-state index in [2.05, 4.69) is 20.5 Å². The van der Waals surface area contributed by atoms with Gasteiger partial charge in [0.2, 0.25) is 11.1 Å². The van der Waals surface area contributed by atoms with Crippen molar-refractivity contribution in [3.8, 4) is 11.3 Å². The van der Waals surface area contributed by atoms with Gasteiger partial charge in [-0.2, -0.15) is 0 Å². The molecule has 0 aliphatic rings. The van der Waals surface area contributed by atoms with Crippen LogP contribution in [-0.4, -0.2) is 31.5 Å². The van der Waals surface area contributed by atoms with Crippen LogP contribution in [0.2, 0.25) is 0 Å². The van der Waals surface area contributed by atoms with Gasteiger partial charge in [-0.3, -0.25) is 4.79 Å². The van der Waals surface area contributed by atoms with Crippen LogP contribution in [0.15, 0.2) is 34.8 Å². The number of nitrogen functional groups attached to an aromatic ring is 1. The van der Waals surface area contributed by atoms with E-state index in [-0.39, 0.29) is 11.7 Å². The Hall–Kier alpha value is -2.39. The average molecular weight is 374 g/mol. The number of benzene rings is 1. The molecule has 3 aromatic rings.